The van der Waals surface area contributed by atoms with Crippen LogP contribution in [0, 0.1) is 0 Å². The van der Waals surface area contributed by atoms with Crippen molar-refractivity contribution in [3.8, 4) is 0 Å². The molecule has 0 unspecified atom stereocenters. The van der Waals surface area contributed by atoms with E-state index in [2.05, 4.69) is 0 Å². The van der Waals surface area contributed by atoms with Crippen molar-refractivity contribution < 1.29 is 73.4 Å². The summed E-state index contributed by atoms with van der Waals surface area (Å²) in [5.74, 6) is 0. The van der Waals surface area contributed by atoms with Crippen LogP contribution in [-0.2, 0) is 39.9 Å². The largest absolute Gasteiger partial charge is 5.00 e. The molecule has 0 aromatic carbocycles. The second-order valence-electron chi connectivity index (χ2n) is 0.447. The van der Waals surface area contributed by atoms with Gasteiger partial charge in [-0.1, -0.05) is 0 Å². The van der Waals surface area contributed by atoms with Crippen molar-refractivity contribution >= 4 is 7.82 Å². The summed E-state index contributed by atoms with van der Waals surface area (Å²) in [6.07, 6.45) is 0. The first-order valence-electron chi connectivity index (χ1n) is 0.730. The molecule has 0 heterocycles. The Morgan fingerprint density at radius 1 is 1.12 bits per heavy atom. The summed E-state index contributed by atoms with van der Waals surface area (Å²) in [4.78, 5) is 25.6. The zero-order valence-corrected chi connectivity index (χ0v) is 7.19. The summed E-state index contributed by atoms with van der Waals surface area (Å²) in [5.41, 5.74) is 0. The molecule has 39 valence electrons. The molecule has 0 saturated heterocycles. The van der Waals surface area contributed by atoms with Crippen LogP contribution in [0.5, 0.6) is 0 Å². The molecule has 0 aliphatic carbocycles. The molecule has 0 spiro atoms. The zero-order valence-electron chi connectivity index (χ0n) is 3.86. The maximum Gasteiger partial charge on any atom is 5.00 e. The third-order valence-electron chi connectivity index (χ3n) is 0. The van der Waals surface area contributed by atoms with Gasteiger partial charge in [0.25, 0.3) is 0 Å². The van der Waals surface area contributed by atoms with Crippen LogP contribution in [0.1, 0.15) is 0 Å². The van der Waals surface area contributed by atoms with Crippen molar-refractivity contribution in [1.29, 1.82) is 0 Å². The van der Waals surface area contributed by atoms with Crippen LogP contribution in [0.4, 0.5) is 0 Å². The Morgan fingerprint density at radius 2 is 1.12 bits per heavy atom. The molecular formula is CoLiO4PV+5. The van der Waals surface area contributed by atoms with Crippen molar-refractivity contribution in [1.82, 2.24) is 0 Å². The van der Waals surface area contributed by atoms with Gasteiger partial charge in [0.05, 0.1) is 0 Å². The van der Waals surface area contributed by atoms with Crippen molar-refractivity contribution in [2.75, 3.05) is 0 Å². The smallest absolute Gasteiger partial charge is 0.822 e. The van der Waals surface area contributed by atoms with Gasteiger partial charge in [0.15, 0.2) is 0 Å². The van der Waals surface area contributed by atoms with Gasteiger partial charge in [-0.25, -0.2) is 0 Å². The van der Waals surface area contributed by atoms with Gasteiger partial charge >= 0.3 is 54.2 Å². The van der Waals surface area contributed by atoms with Gasteiger partial charge in [0.2, 0.25) is 0 Å². The molecular weight excluding hydrogens is 212 g/mol. The molecule has 0 aliphatic heterocycles. The molecule has 0 bridgehead atoms. The Morgan fingerprint density at radius 3 is 1.12 bits per heavy atom. The first-order chi connectivity index (χ1) is 2.00. The predicted octanol–water partition coefficient (Wildman–Crippen LogP) is -5.83. The van der Waals surface area contributed by atoms with E-state index in [9.17, 15) is 0 Å². The van der Waals surface area contributed by atoms with Crippen molar-refractivity contribution in [2.24, 2.45) is 0 Å². The molecule has 0 aromatic rings. The van der Waals surface area contributed by atoms with E-state index in [4.69, 9.17) is 19.2 Å². The first-order valence-corrected chi connectivity index (χ1v) is 2.19. The third kappa shape index (κ3) is 111. The van der Waals surface area contributed by atoms with Gasteiger partial charge in [-0.15, -0.1) is 0 Å². The fourth-order valence-electron chi connectivity index (χ4n) is 0. The van der Waals surface area contributed by atoms with Crippen molar-refractivity contribution in [2.45, 2.75) is 0 Å². The van der Waals surface area contributed by atoms with Gasteiger partial charge in [0.1, 0.15) is 0 Å². The summed E-state index contributed by atoms with van der Waals surface area (Å²) in [6.45, 7) is 0. The number of hydrogen-bond acceptors (Lipinski definition) is 4. The van der Waals surface area contributed by atoms with E-state index in [1.54, 1.807) is 0 Å². The number of phosphoric acid groups is 1. The third-order valence-corrected chi connectivity index (χ3v) is 0. The monoisotopic (exact) mass is 212 g/mol. The summed E-state index contributed by atoms with van der Waals surface area (Å²) in [6, 6.07) is 0. The standard InChI is InChI=1S/Co.Li.H3O4P.V/c;;1-5(2,3)4;/h;;(H3,1,2,3,4);/q+2;+1;;+5/p-3. The van der Waals surface area contributed by atoms with Gasteiger partial charge in [-0.3, -0.25) is 0 Å². The van der Waals surface area contributed by atoms with Gasteiger partial charge < -0.3 is 19.2 Å². The van der Waals surface area contributed by atoms with E-state index < -0.39 is 7.82 Å². The Kier molecular flexibility index (Phi) is 24.8. The Bertz CT molecular complexity index is 62.2. The van der Waals surface area contributed by atoms with Crippen LogP contribution in [0.25, 0.3) is 0 Å². The second-order valence-corrected chi connectivity index (χ2v) is 1.34. The van der Waals surface area contributed by atoms with E-state index in [1.807, 2.05) is 0 Å². The SMILES string of the molecule is O=P([O-])([O-])[O-].[Co+2].[Li+].[V+5]. The molecule has 0 atom stereocenters. The molecule has 0 aliphatic rings. The Labute approximate surface area is 80.9 Å². The minimum atomic E-state index is -5.39. The van der Waals surface area contributed by atoms with E-state index in [-0.39, 0.29) is 54.2 Å². The van der Waals surface area contributed by atoms with Gasteiger partial charge in [0, 0.05) is 0 Å². The second kappa shape index (κ2) is 8.80. The topological polar surface area (TPSA) is 86.2 Å². The summed E-state index contributed by atoms with van der Waals surface area (Å²) in [5, 5.41) is 0. The Hall–Kier alpha value is 1.80. The van der Waals surface area contributed by atoms with Crippen LogP contribution in [-0.4, -0.2) is 0 Å². The fraction of sp³-hybridized carbons (Fsp3) is 0. The van der Waals surface area contributed by atoms with Crippen LogP contribution < -0.4 is 33.5 Å². The summed E-state index contributed by atoms with van der Waals surface area (Å²) in [7, 11) is -5.39. The van der Waals surface area contributed by atoms with Crippen molar-refractivity contribution in [3.63, 3.8) is 0 Å². The molecule has 0 saturated carbocycles. The molecule has 0 N–H and O–H groups in total. The van der Waals surface area contributed by atoms with Crippen LogP contribution in [0.15, 0.2) is 0 Å². The summed E-state index contributed by atoms with van der Waals surface area (Å²) < 4.78 is 8.55. The van der Waals surface area contributed by atoms with E-state index in [0.29, 0.717) is 0 Å². The molecule has 1 radical (unpaired) electrons. The molecule has 8 heteroatoms. The molecule has 0 amide bonds. The molecule has 0 fully saturated rings. The van der Waals surface area contributed by atoms with Crippen molar-refractivity contribution in [3.05, 3.63) is 0 Å². The Balaban J connectivity index is -0.0000000267. The normalized spacial score (nSPS) is 7.38. The maximum atomic E-state index is 8.55. The van der Waals surface area contributed by atoms with Crippen LogP contribution in [0.3, 0.4) is 0 Å². The van der Waals surface area contributed by atoms with E-state index >= 15 is 0 Å². The minimum Gasteiger partial charge on any atom is -0.822 e. The molecule has 4 nitrogen and oxygen atoms in total. The number of rotatable bonds is 0. The maximum absolute atomic E-state index is 8.55. The minimum absolute atomic E-state index is 0. The van der Waals surface area contributed by atoms with Crippen LogP contribution in [0.2, 0.25) is 0 Å². The van der Waals surface area contributed by atoms with Crippen LogP contribution >= 0.6 is 7.82 Å². The zero-order chi connectivity index (χ0) is 4.50. The first kappa shape index (κ1) is 22.6. The average Bonchev–Trinajstić information content (AvgIpc) is 0.722. The molecule has 8 heavy (non-hydrogen) atoms. The quantitative estimate of drug-likeness (QED) is 0.295. The summed E-state index contributed by atoms with van der Waals surface area (Å²) >= 11 is 0. The van der Waals surface area contributed by atoms with E-state index in [0.717, 1.165) is 0 Å². The molecule has 0 rings (SSSR count). The number of hydrogen-bond donors (Lipinski definition) is 0. The average molecular weight is 212 g/mol. The van der Waals surface area contributed by atoms with E-state index in [1.165, 1.54) is 0 Å². The molecule has 0 aromatic heterocycles. The fourth-order valence-corrected chi connectivity index (χ4v) is 0. The predicted molar refractivity (Wildman–Crippen MR) is 7.61 cm³/mol. The van der Waals surface area contributed by atoms with Gasteiger partial charge in [-0.2, -0.15) is 7.82 Å². The van der Waals surface area contributed by atoms with Gasteiger partial charge in [-0.05, 0) is 0 Å².